The third kappa shape index (κ3) is 5.91. The molecule has 0 bridgehead atoms. The van der Waals surface area contributed by atoms with Gasteiger partial charge in [-0.2, -0.15) is 13.4 Å². The molecule has 2 aromatic carbocycles. The molecule has 0 atom stereocenters. The molecule has 0 aliphatic heterocycles. The predicted molar refractivity (Wildman–Crippen MR) is 119 cm³/mol. The predicted octanol–water partition coefficient (Wildman–Crippen LogP) is 3.19. The second-order valence-corrected chi connectivity index (χ2v) is 9.17. The fourth-order valence-electron chi connectivity index (χ4n) is 2.54. The topological polar surface area (TPSA) is 136 Å². The molecule has 9 nitrogen and oxygen atoms in total. The number of anilines is 3. The van der Waals surface area contributed by atoms with Gasteiger partial charge in [-0.1, -0.05) is 12.1 Å². The van der Waals surface area contributed by atoms with Crippen molar-refractivity contribution in [2.24, 2.45) is 5.73 Å². The summed E-state index contributed by atoms with van der Waals surface area (Å²) >= 11 is 0. The van der Waals surface area contributed by atoms with Crippen LogP contribution >= 0.6 is 0 Å². The van der Waals surface area contributed by atoms with Crippen molar-refractivity contribution in [2.45, 2.75) is 25.6 Å². The van der Waals surface area contributed by atoms with E-state index in [4.69, 9.17) is 9.92 Å². The van der Waals surface area contributed by atoms with Crippen molar-refractivity contribution >= 4 is 33.5 Å². The number of nitrogens with zero attached hydrogens (tertiary/aromatic N) is 2. The zero-order valence-electron chi connectivity index (χ0n) is 17.4. The zero-order chi connectivity index (χ0) is 23.3. The average molecular weight is 460 g/mol. The average Bonchev–Trinajstić information content (AvgIpc) is 2.73. The number of aromatic nitrogens is 2. The molecule has 4 N–H and O–H groups in total. The Bertz CT molecular complexity index is 1220. The molecular weight excluding hydrogens is 437 g/mol. The van der Waals surface area contributed by atoms with Crippen molar-refractivity contribution in [1.29, 1.82) is 0 Å². The van der Waals surface area contributed by atoms with Gasteiger partial charge in [-0.15, -0.1) is 0 Å². The number of rotatable bonds is 9. The van der Waals surface area contributed by atoms with Crippen LogP contribution in [-0.2, 0) is 16.7 Å². The lowest BCUT2D eigenvalue weighted by Gasteiger charge is -2.12. The number of amides is 1. The summed E-state index contributed by atoms with van der Waals surface area (Å²) in [5, 5.41) is 5.25. The van der Waals surface area contributed by atoms with E-state index in [1.807, 2.05) is 0 Å². The number of primary amides is 1. The van der Waals surface area contributed by atoms with Gasteiger partial charge in [-0.3, -0.25) is 4.79 Å². The van der Waals surface area contributed by atoms with Crippen LogP contribution in [-0.4, -0.2) is 29.5 Å². The van der Waals surface area contributed by atoms with Crippen LogP contribution in [0.2, 0.25) is 0 Å². The molecule has 32 heavy (non-hydrogen) atoms. The smallest absolute Gasteiger partial charge is 0.311 e. The van der Waals surface area contributed by atoms with Gasteiger partial charge in [-0.05, 0) is 55.8 Å². The lowest BCUT2D eigenvalue weighted by molar-refractivity contribution is 0.100. The quantitative estimate of drug-likeness (QED) is 0.415. The van der Waals surface area contributed by atoms with Crippen molar-refractivity contribution in [3.8, 4) is 5.75 Å². The summed E-state index contributed by atoms with van der Waals surface area (Å²) in [5.41, 5.74) is 6.69. The van der Waals surface area contributed by atoms with Gasteiger partial charge < -0.3 is 20.6 Å². The first-order valence-electron chi connectivity index (χ1n) is 9.59. The largest absolute Gasteiger partial charge is 0.382 e. The van der Waals surface area contributed by atoms with Crippen molar-refractivity contribution in [3.05, 3.63) is 71.7 Å². The van der Waals surface area contributed by atoms with Gasteiger partial charge in [0.05, 0.1) is 10.8 Å². The second-order valence-electron chi connectivity index (χ2n) is 7.08. The molecule has 11 heteroatoms. The molecule has 3 rings (SSSR count). The Morgan fingerprint density at radius 2 is 1.91 bits per heavy atom. The molecule has 1 aromatic heterocycles. The molecule has 1 heterocycles. The first-order valence-corrected chi connectivity index (χ1v) is 11.1. The molecule has 0 saturated carbocycles. The van der Waals surface area contributed by atoms with E-state index in [-0.39, 0.29) is 35.4 Å². The zero-order valence-corrected chi connectivity index (χ0v) is 18.2. The van der Waals surface area contributed by atoms with Crippen molar-refractivity contribution < 1.29 is 21.8 Å². The fourth-order valence-corrected chi connectivity index (χ4v) is 3.11. The molecule has 3 aromatic rings. The van der Waals surface area contributed by atoms with Gasteiger partial charge in [-0.25, -0.2) is 9.37 Å². The van der Waals surface area contributed by atoms with E-state index in [2.05, 4.69) is 20.6 Å². The Labute approximate surface area is 185 Å². The number of carbonyl (C=O) groups excluding carboxylic acids is 1. The third-order valence-electron chi connectivity index (χ3n) is 4.30. The highest BCUT2D eigenvalue weighted by Crippen LogP contribution is 2.22. The van der Waals surface area contributed by atoms with Crippen LogP contribution in [0, 0.1) is 5.82 Å². The summed E-state index contributed by atoms with van der Waals surface area (Å²) in [6, 6.07) is 12.2. The molecule has 0 unspecified atom stereocenters. The molecule has 0 aliphatic carbocycles. The number of carbonyl (C=O) groups is 1. The van der Waals surface area contributed by atoms with Crippen LogP contribution in [0.25, 0.3) is 0 Å². The maximum absolute atomic E-state index is 13.4. The van der Waals surface area contributed by atoms with Gasteiger partial charge in [0, 0.05) is 18.4 Å². The van der Waals surface area contributed by atoms with E-state index < -0.39 is 21.3 Å². The Kier molecular flexibility index (Phi) is 6.89. The summed E-state index contributed by atoms with van der Waals surface area (Å²) in [5.74, 6) is -0.571. The minimum Gasteiger partial charge on any atom is -0.382 e. The molecular formula is C21H22FN5O4S. The highest BCUT2D eigenvalue weighted by Gasteiger charge is 2.18. The van der Waals surface area contributed by atoms with Crippen LogP contribution in [0.15, 0.2) is 54.7 Å². The third-order valence-corrected chi connectivity index (χ3v) is 5.88. The van der Waals surface area contributed by atoms with Crippen LogP contribution in [0.4, 0.5) is 21.8 Å². The normalized spacial score (nSPS) is 11.2. The number of hydrogen-bond acceptors (Lipinski definition) is 8. The molecule has 0 spiro atoms. The van der Waals surface area contributed by atoms with E-state index >= 15 is 0 Å². The molecule has 168 valence electrons. The first kappa shape index (κ1) is 22.9. The molecule has 1 amide bonds. The van der Waals surface area contributed by atoms with Crippen molar-refractivity contribution in [1.82, 2.24) is 9.97 Å². The first-order chi connectivity index (χ1) is 15.1. The Morgan fingerprint density at radius 3 is 2.53 bits per heavy atom. The Morgan fingerprint density at radius 1 is 1.19 bits per heavy atom. The number of benzene rings is 2. The van der Waals surface area contributed by atoms with Crippen LogP contribution in [0.1, 0.15) is 29.8 Å². The SMILES string of the molecule is CC(C)S(=O)(=O)Oc1ccc(Nc2ncc(C(N)=O)c(NCc3cccc(F)c3)n2)cc1. The summed E-state index contributed by atoms with van der Waals surface area (Å²) in [6.07, 6.45) is 1.28. The maximum Gasteiger partial charge on any atom is 0.311 e. The van der Waals surface area contributed by atoms with Gasteiger partial charge in [0.2, 0.25) is 5.95 Å². The molecule has 0 fully saturated rings. The van der Waals surface area contributed by atoms with Crippen LogP contribution in [0.3, 0.4) is 0 Å². The van der Waals surface area contributed by atoms with E-state index in [1.165, 1.54) is 44.3 Å². The minimum atomic E-state index is -3.69. The highest BCUT2D eigenvalue weighted by molar-refractivity contribution is 7.87. The van der Waals surface area contributed by atoms with E-state index in [0.29, 0.717) is 11.3 Å². The fraction of sp³-hybridized carbons (Fsp3) is 0.190. The van der Waals surface area contributed by atoms with Crippen LogP contribution < -0.4 is 20.6 Å². The molecule has 0 radical (unpaired) electrons. The Hall–Kier alpha value is -3.73. The van der Waals surface area contributed by atoms with Crippen LogP contribution in [0.5, 0.6) is 5.75 Å². The second kappa shape index (κ2) is 9.60. The summed E-state index contributed by atoms with van der Waals surface area (Å²) in [6.45, 7) is 3.27. The lowest BCUT2D eigenvalue weighted by atomic mass is 10.2. The number of hydrogen-bond donors (Lipinski definition) is 3. The Balaban J connectivity index is 1.75. The van der Waals surface area contributed by atoms with Crippen molar-refractivity contribution in [3.63, 3.8) is 0 Å². The number of nitrogens with two attached hydrogens (primary N) is 1. The monoisotopic (exact) mass is 459 g/mol. The maximum atomic E-state index is 13.4. The van der Waals surface area contributed by atoms with E-state index in [0.717, 1.165) is 0 Å². The lowest BCUT2D eigenvalue weighted by Crippen LogP contribution is -2.19. The minimum absolute atomic E-state index is 0.0783. The summed E-state index contributed by atoms with van der Waals surface area (Å²) < 4.78 is 42.1. The van der Waals surface area contributed by atoms with Gasteiger partial charge in [0.15, 0.2) is 0 Å². The number of nitrogens with one attached hydrogen (secondary N) is 2. The van der Waals surface area contributed by atoms with E-state index in [1.54, 1.807) is 24.3 Å². The molecule has 0 saturated heterocycles. The summed E-state index contributed by atoms with van der Waals surface area (Å²) in [4.78, 5) is 20.1. The molecule has 0 aliphatic rings. The van der Waals surface area contributed by atoms with Gasteiger partial charge in [0.1, 0.15) is 17.4 Å². The standard InChI is InChI=1S/C21H22FN5O4S/c1-13(2)32(29,30)31-17-8-6-16(7-9-17)26-21-25-12-18(19(23)28)20(27-21)24-11-14-4-3-5-15(22)10-14/h3-10,12-13H,11H2,1-2H3,(H2,23,28)(H2,24,25,26,27). The summed E-state index contributed by atoms with van der Waals surface area (Å²) in [7, 11) is -3.69. The van der Waals surface area contributed by atoms with E-state index in [9.17, 15) is 17.6 Å². The van der Waals surface area contributed by atoms with Crippen molar-refractivity contribution in [2.75, 3.05) is 10.6 Å². The van der Waals surface area contributed by atoms with Gasteiger partial charge in [0.25, 0.3) is 5.91 Å². The number of halogens is 1. The van der Waals surface area contributed by atoms with Gasteiger partial charge >= 0.3 is 10.1 Å². The highest BCUT2D eigenvalue weighted by atomic mass is 32.2.